The standard InChI is InChI=1S/C9H10ClN3S2/c1-5-3-11-8(15-5)6(2)12-9-13-7(10)4-14-9/h3-4,6H,1-2H3,(H,12,13). The molecule has 0 radical (unpaired) electrons. The van der Waals surface area contributed by atoms with Gasteiger partial charge in [-0.25, -0.2) is 9.97 Å². The van der Waals surface area contributed by atoms with E-state index in [1.807, 2.05) is 18.5 Å². The lowest BCUT2D eigenvalue weighted by Crippen LogP contribution is -2.05. The summed E-state index contributed by atoms with van der Waals surface area (Å²) < 4.78 is 0. The second-order valence-corrected chi connectivity index (χ2v) is 5.66. The van der Waals surface area contributed by atoms with Gasteiger partial charge in [0.2, 0.25) is 0 Å². The average Bonchev–Trinajstić information content (AvgIpc) is 2.75. The number of nitrogens with one attached hydrogen (secondary N) is 1. The van der Waals surface area contributed by atoms with Crippen molar-refractivity contribution in [3.8, 4) is 0 Å². The SMILES string of the molecule is Cc1cnc(C(C)Nc2nc(Cl)cs2)s1. The van der Waals surface area contributed by atoms with Gasteiger partial charge in [-0.05, 0) is 13.8 Å². The number of hydrogen-bond donors (Lipinski definition) is 1. The summed E-state index contributed by atoms with van der Waals surface area (Å²) in [7, 11) is 0. The number of aryl methyl sites for hydroxylation is 1. The van der Waals surface area contributed by atoms with Crippen LogP contribution in [-0.2, 0) is 0 Å². The number of anilines is 1. The van der Waals surface area contributed by atoms with E-state index in [4.69, 9.17) is 11.6 Å². The molecule has 6 heteroatoms. The van der Waals surface area contributed by atoms with Crippen molar-refractivity contribution in [1.82, 2.24) is 9.97 Å². The van der Waals surface area contributed by atoms with Gasteiger partial charge < -0.3 is 5.32 Å². The van der Waals surface area contributed by atoms with E-state index in [1.54, 1.807) is 11.3 Å². The van der Waals surface area contributed by atoms with Crippen LogP contribution < -0.4 is 5.32 Å². The Morgan fingerprint density at radius 3 is 2.87 bits per heavy atom. The molecule has 2 heterocycles. The first-order valence-corrected chi connectivity index (χ1v) is 6.52. The van der Waals surface area contributed by atoms with Gasteiger partial charge in [0.05, 0.1) is 6.04 Å². The monoisotopic (exact) mass is 259 g/mol. The zero-order valence-electron chi connectivity index (χ0n) is 8.32. The molecule has 2 aromatic rings. The topological polar surface area (TPSA) is 37.8 Å². The largest absolute Gasteiger partial charge is 0.353 e. The first kappa shape index (κ1) is 10.9. The Morgan fingerprint density at radius 1 is 1.53 bits per heavy atom. The lowest BCUT2D eigenvalue weighted by Gasteiger charge is -2.08. The number of thiazole rings is 2. The third-order valence-electron chi connectivity index (χ3n) is 1.83. The molecule has 1 unspecified atom stereocenters. The smallest absolute Gasteiger partial charge is 0.184 e. The molecule has 0 aromatic carbocycles. The molecule has 0 fully saturated rings. The second-order valence-electron chi connectivity index (χ2n) is 3.15. The van der Waals surface area contributed by atoms with E-state index in [9.17, 15) is 0 Å². The van der Waals surface area contributed by atoms with Crippen LogP contribution in [0.15, 0.2) is 11.6 Å². The van der Waals surface area contributed by atoms with E-state index in [2.05, 4.69) is 22.2 Å². The molecule has 0 aliphatic carbocycles. The fourth-order valence-corrected chi connectivity index (χ4v) is 2.84. The van der Waals surface area contributed by atoms with Gasteiger partial charge in [0.15, 0.2) is 5.13 Å². The molecule has 0 aliphatic heterocycles. The first-order chi connectivity index (χ1) is 7.15. The molecule has 1 N–H and O–H groups in total. The van der Waals surface area contributed by atoms with Gasteiger partial charge in [0.25, 0.3) is 0 Å². The van der Waals surface area contributed by atoms with E-state index >= 15 is 0 Å². The third-order valence-corrected chi connectivity index (χ3v) is 4.02. The molecule has 2 rings (SSSR count). The summed E-state index contributed by atoms with van der Waals surface area (Å²) in [5.74, 6) is 0. The van der Waals surface area contributed by atoms with Crippen LogP contribution >= 0.6 is 34.3 Å². The van der Waals surface area contributed by atoms with E-state index in [1.165, 1.54) is 16.2 Å². The Hall–Kier alpha value is -0.650. The van der Waals surface area contributed by atoms with Crippen molar-refractivity contribution in [2.75, 3.05) is 5.32 Å². The summed E-state index contributed by atoms with van der Waals surface area (Å²) >= 11 is 8.93. The fraction of sp³-hybridized carbons (Fsp3) is 0.333. The van der Waals surface area contributed by atoms with Crippen molar-refractivity contribution < 1.29 is 0 Å². The van der Waals surface area contributed by atoms with Gasteiger partial charge in [-0.15, -0.1) is 22.7 Å². The van der Waals surface area contributed by atoms with Crippen molar-refractivity contribution in [2.24, 2.45) is 0 Å². The molecule has 0 amide bonds. The number of aromatic nitrogens is 2. The zero-order chi connectivity index (χ0) is 10.8. The second kappa shape index (κ2) is 4.47. The molecule has 0 saturated heterocycles. The zero-order valence-corrected chi connectivity index (χ0v) is 10.7. The molecular weight excluding hydrogens is 250 g/mol. The van der Waals surface area contributed by atoms with Crippen LogP contribution in [0.5, 0.6) is 0 Å². The minimum Gasteiger partial charge on any atom is -0.353 e. The molecule has 80 valence electrons. The number of rotatable bonds is 3. The lowest BCUT2D eigenvalue weighted by molar-refractivity contribution is 0.867. The predicted octanol–water partition coefficient (Wildman–Crippen LogP) is 3.73. The van der Waals surface area contributed by atoms with Crippen molar-refractivity contribution in [1.29, 1.82) is 0 Å². The summed E-state index contributed by atoms with van der Waals surface area (Å²) in [4.78, 5) is 9.67. The maximum Gasteiger partial charge on any atom is 0.184 e. The molecule has 0 spiro atoms. The molecular formula is C9H10ClN3S2. The van der Waals surface area contributed by atoms with Crippen molar-refractivity contribution in [2.45, 2.75) is 19.9 Å². The van der Waals surface area contributed by atoms with Gasteiger partial charge in [-0.2, -0.15) is 0 Å². The summed E-state index contributed by atoms with van der Waals surface area (Å²) in [5, 5.41) is 7.51. The quantitative estimate of drug-likeness (QED) is 0.913. The van der Waals surface area contributed by atoms with Crippen LogP contribution in [0.1, 0.15) is 22.9 Å². The Labute approximate surface area is 101 Å². The van der Waals surface area contributed by atoms with Crippen molar-refractivity contribution in [3.05, 3.63) is 26.6 Å². The van der Waals surface area contributed by atoms with E-state index in [-0.39, 0.29) is 6.04 Å². The highest BCUT2D eigenvalue weighted by Gasteiger charge is 2.10. The Bertz CT molecular complexity index is 452. The number of halogens is 1. The van der Waals surface area contributed by atoms with Crippen LogP contribution in [-0.4, -0.2) is 9.97 Å². The van der Waals surface area contributed by atoms with E-state index in [0.717, 1.165) is 10.1 Å². The number of hydrogen-bond acceptors (Lipinski definition) is 5. The van der Waals surface area contributed by atoms with Crippen molar-refractivity contribution in [3.63, 3.8) is 0 Å². The third kappa shape index (κ3) is 2.68. The maximum atomic E-state index is 5.74. The van der Waals surface area contributed by atoms with E-state index in [0.29, 0.717) is 5.15 Å². The summed E-state index contributed by atoms with van der Waals surface area (Å²) in [6, 6.07) is 0.172. The maximum absolute atomic E-state index is 5.74. The minimum atomic E-state index is 0.172. The molecule has 0 bridgehead atoms. The van der Waals surface area contributed by atoms with E-state index < -0.39 is 0 Å². The Morgan fingerprint density at radius 2 is 2.33 bits per heavy atom. The first-order valence-electron chi connectivity index (χ1n) is 4.45. The van der Waals surface area contributed by atoms with Crippen LogP contribution in [0.2, 0.25) is 5.15 Å². The van der Waals surface area contributed by atoms with Crippen LogP contribution in [0.4, 0.5) is 5.13 Å². The summed E-state index contributed by atoms with van der Waals surface area (Å²) in [6.07, 6.45) is 1.88. The molecule has 0 saturated carbocycles. The van der Waals surface area contributed by atoms with Gasteiger partial charge in [0.1, 0.15) is 10.2 Å². The molecule has 15 heavy (non-hydrogen) atoms. The predicted molar refractivity (Wildman–Crippen MR) is 66.0 cm³/mol. The highest BCUT2D eigenvalue weighted by atomic mass is 35.5. The Balaban J connectivity index is 2.06. The van der Waals surface area contributed by atoms with Gasteiger partial charge >= 0.3 is 0 Å². The Kier molecular flexibility index (Phi) is 3.23. The summed E-state index contributed by atoms with van der Waals surface area (Å²) in [5.41, 5.74) is 0. The minimum absolute atomic E-state index is 0.172. The molecule has 0 aliphatic rings. The van der Waals surface area contributed by atoms with Crippen LogP contribution in [0.3, 0.4) is 0 Å². The molecule has 1 atom stereocenters. The molecule has 3 nitrogen and oxygen atoms in total. The normalized spacial score (nSPS) is 12.7. The average molecular weight is 260 g/mol. The van der Waals surface area contributed by atoms with Gasteiger partial charge in [-0.1, -0.05) is 11.6 Å². The highest BCUT2D eigenvalue weighted by Crippen LogP contribution is 2.26. The van der Waals surface area contributed by atoms with Gasteiger partial charge in [-0.3, -0.25) is 0 Å². The summed E-state index contributed by atoms with van der Waals surface area (Å²) in [6.45, 7) is 4.11. The van der Waals surface area contributed by atoms with Gasteiger partial charge in [0, 0.05) is 16.5 Å². The van der Waals surface area contributed by atoms with Crippen molar-refractivity contribution >= 4 is 39.4 Å². The highest BCUT2D eigenvalue weighted by molar-refractivity contribution is 7.14. The van der Waals surface area contributed by atoms with Crippen LogP contribution in [0.25, 0.3) is 0 Å². The lowest BCUT2D eigenvalue weighted by atomic mass is 10.4. The number of nitrogens with zero attached hydrogens (tertiary/aromatic N) is 2. The molecule has 2 aromatic heterocycles. The fourth-order valence-electron chi connectivity index (χ4n) is 1.14. The van der Waals surface area contributed by atoms with Crippen LogP contribution in [0, 0.1) is 6.92 Å².